The fraction of sp³-hybridized carbons (Fsp3) is 0.767. The Morgan fingerprint density at radius 1 is 0.622 bits per heavy atom. The number of nitrogens with one attached hydrogen (secondary N) is 7. The van der Waals surface area contributed by atoms with Crippen molar-refractivity contribution in [1.82, 2.24) is 55.9 Å². The molecule has 3 heterocycles. The van der Waals surface area contributed by atoms with E-state index in [0.29, 0.717) is 151 Å². The summed E-state index contributed by atoms with van der Waals surface area (Å²) in [6.45, 7) is 12.1. The Morgan fingerprint density at radius 3 is 1.79 bits per heavy atom. The number of imidazole rings is 1. The highest BCUT2D eigenvalue weighted by atomic mass is 32.2. The number of ether oxygens (including phenoxy) is 2. The number of likely N-dealkylation sites (tertiary alicyclic amines) is 1. The number of benzene rings is 1. The molecule has 1 aromatic carbocycles. The van der Waals surface area contributed by atoms with Gasteiger partial charge in [0.05, 0.1) is 31.1 Å². The number of fused-ring (bicyclic) bond motifs is 1. The van der Waals surface area contributed by atoms with Crippen LogP contribution in [0.2, 0.25) is 0 Å². The second-order valence-corrected chi connectivity index (χ2v) is 35.2. The van der Waals surface area contributed by atoms with Crippen molar-refractivity contribution in [1.29, 1.82) is 0 Å². The number of hydrogen-bond donors (Lipinski definition) is 9. The van der Waals surface area contributed by atoms with Gasteiger partial charge in [-0.25, -0.2) is 4.79 Å². The van der Waals surface area contributed by atoms with E-state index in [9.17, 15) is 52.7 Å². The number of H-pyrrole nitrogens is 1. The summed E-state index contributed by atoms with van der Waals surface area (Å²) in [5.41, 5.74) is 13.9. The lowest BCUT2D eigenvalue weighted by Crippen LogP contribution is -2.43. The number of hydrogen-bond acceptors (Lipinski definition) is 22. The summed E-state index contributed by atoms with van der Waals surface area (Å²) < 4.78 is 13.1. The molecule has 119 heavy (non-hydrogen) atoms. The lowest BCUT2D eigenvalue weighted by molar-refractivity contribution is -0.157. The zero-order valence-corrected chi connectivity index (χ0v) is 74.9. The molecule has 2 fully saturated rings. The Kier molecular flexibility index (Phi) is 54.4. The summed E-state index contributed by atoms with van der Waals surface area (Å²) in [5, 5.41) is 17.9. The van der Waals surface area contributed by atoms with Gasteiger partial charge < -0.3 is 62.7 Å². The van der Waals surface area contributed by atoms with Crippen molar-refractivity contribution in [3.8, 4) is 0 Å². The third kappa shape index (κ3) is 43.6. The molecule has 672 valence electrons. The first-order valence-corrected chi connectivity index (χ1v) is 48.2. The highest BCUT2D eigenvalue weighted by Gasteiger charge is 2.41. The average molecular weight is 1700 g/mol. The van der Waals surface area contributed by atoms with Crippen molar-refractivity contribution in [3.05, 3.63) is 45.9 Å². The lowest BCUT2D eigenvalue weighted by Gasteiger charge is -2.33. The van der Waals surface area contributed by atoms with E-state index in [-0.39, 0.29) is 127 Å². The van der Waals surface area contributed by atoms with Crippen molar-refractivity contribution >= 4 is 105 Å². The van der Waals surface area contributed by atoms with Gasteiger partial charge in [-0.15, -0.1) is 0 Å². The number of ketones is 2. The van der Waals surface area contributed by atoms with Crippen LogP contribution in [0.4, 0.5) is 16.6 Å². The number of aromatic nitrogens is 4. The summed E-state index contributed by atoms with van der Waals surface area (Å²) in [6.07, 6.45) is 41.5. The highest BCUT2D eigenvalue weighted by Crippen LogP contribution is 2.34. The quantitative estimate of drug-likeness (QED) is 0.0144. The molecular weight excluding hydrogens is 1550 g/mol. The van der Waals surface area contributed by atoms with Gasteiger partial charge in [0, 0.05) is 93.7 Å². The molecular formula is C90H152N14O13S2. The third-order valence-corrected chi connectivity index (χ3v) is 25.0. The topological polar surface area (TPSA) is 383 Å². The summed E-state index contributed by atoms with van der Waals surface area (Å²) in [4.78, 5) is 159. The van der Waals surface area contributed by atoms with Crippen molar-refractivity contribution in [2.24, 2.45) is 23.5 Å². The van der Waals surface area contributed by atoms with Crippen molar-refractivity contribution in [2.45, 2.75) is 335 Å². The summed E-state index contributed by atoms with van der Waals surface area (Å²) in [5.74, 6) is -1.35. The highest BCUT2D eigenvalue weighted by molar-refractivity contribution is 8.13. The Balaban J connectivity index is 1.04. The van der Waals surface area contributed by atoms with E-state index in [4.69, 9.17) is 20.9 Å². The number of unbranched alkanes of at least 4 members (excludes halogenated alkanes) is 28. The maximum Gasteiger partial charge on any atom is 0.328 e. The minimum atomic E-state index is -0.803. The number of nitrogens with zero attached hydrogens (tertiary/aromatic N) is 5. The minimum Gasteiger partial charge on any atom is -0.462 e. The Hall–Kier alpha value is -6.95. The van der Waals surface area contributed by atoms with Gasteiger partial charge in [-0.05, 0) is 147 Å². The van der Waals surface area contributed by atoms with Gasteiger partial charge in [0.25, 0.3) is 11.1 Å². The Morgan fingerprint density at radius 2 is 1.18 bits per heavy atom. The molecule has 5 rings (SSSR count). The van der Waals surface area contributed by atoms with Gasteiger partial charge in [-0.3, -0.25) is 57.4 Å². The van der Waals surface area contributed by atoms with Crippen LogP contribution in [0.15, 0.2) is 29.1 Å². The van der Waals surface area contributed by atoms with Crippen LogP contribution in [-0.2, 0) is 54.4 Å². The number of thioether (sulfide) groups is 2. The Bertz CT molecular complexity index is 3480. The molecule has 0 radical (unpaired) electrons. The zero-order valence-electron chi connectivity index (χ0n) is 73.3. The van der Waals surface area contributed by atoms with Crippen LogP contribution in [0.25, 0.3) is 11.2 Å². The molecule has 4 atom stereocenters. The van der Waals surface area contributed by atoms with Gasteiger partial charge in [0.2, 0.25) is 29.6 Å². The molecule has 6 amide bonds. The van der Waals surface area contributed by atoms with Crippen LogP contribution in [0.3, 0.4) is 0 Å². The monoisotopic (exact) mass is 1700 g/mol. The maximum absolute atomic E-state index is 14.5. The largest absolute Gasteiger partial charge is 0.462 e. The predicted molar refractivity (Wildman–Crippen MR) is 479 cm³/mol. The van der Waals surface area contributed by atoms with Gasteiger partial charge >= 0.3 is 17.6 Å². The molecule has 1 aliphatic carbocycles. The molecule has 27 nitrogen and oxygen atoms in total. The molecule has 1 saturated heterocycles. The molecule has 1 saturated carbocycles. The number of anilines is 2. The SMILES string of the molecule is CCCCCCCCCCCCCCCC(=O)OCC(CSCC(N)C(=O)NCCCNCCCCN(CCCCC(=O)CNC(=O)c1ccc(Cn2c(=O)[nH]c3c(N)nc(NCCCC)nc32)cc1)C(=O)C1CCC(CN2C(=O)CC(CSC(=O)NCCCCC(NC)C(C)=O)C2=O)CC1)OC(=O)CCCCCCCCCCCCCCC. The fourth-order valence-corrected chi connectivity index (χ4v) is 17.2. The number of imide groups is 1. The Labute approximate surface area is 719 Å². The number of nitrogen functional groups attached to an aromatic ring is 1. The number of carbonyl (C=O) groups is 10. The number of Topliss-reactive ketones (excluding diaryl/α,β-unsaturated/α-hetero) is 2. The van der Waals surface area contributed by atoms with E-state index in [1.54, 1.807) is 38.2 Å². The first kappa shape index (κ1) is 103. The average Bonchev–Trinajstić information content (AvgIpc) is 1.63. The molecule has 3 aromatic rings. The summed E-state index contributed by atoms with van der Waals surface area (Å²) in [7, 11) is 1.75. The van der Waals surface area contributed by atoms with Crippen molar-refractivity contribution in [3.63, 3.8) is 0 Å². The molecule has 0 spiro atoms. The van der Waals surface area contributed by atoms with Gasteiger partial charge in [0.15, 0.2) is 17.2 Å². The molecule has 2 aliphatic rings. The van der Waals surface area contributed by atoms with Crippen LogP contribution in [0, 0.1) is 17.8 Å². The first-order valence-electron chi connectivity index (χ1n) is 46.0. The van der Waals surface area contributed by atoms with E-state index in [1.807, 2.05) is 4.90 Å². The standard InChI is InChI=1S/C90H152N14O13S2/c1-6-9-12-14-16-18-20-22-24-26-28-30-32-43-79(108)116-64-75(117-80(109)44-33-31-29-27-25-23-21-19-17-15-13-10-7-2)66-118-67-76(91)85(111)95-57-40-54-94-53-37-39-59-102(86(112)72-51-47-69(48-52-72)62-103-78(107)60-73(87(103)113)65-119-90(115)97-56-36-34-42-77(93-5)68(4)105)58-38-35-41-74(106)61-98-84(110)71-49-45-70(46-50-71)63-104-83-81(99-89(104)114)82(92)100-88(101-83)96-55-11-8-3/h45-46,49-50,69,72-73,75-77,93-94H,6-44,47-48,51-67,91H2,1-5H3,(H,95,111)(H,97,115)(H,98,110)(H,99,114)(H3,92,96,100,101). The van der Waals surface area contributed by atoms with Gasteiger partial charge in [-0.1, -0.05) is 205 Å². The van der Waals surface area contributed by atoms with Gasteiger partial charge in [-0.2, -0.15) is 21.7 Å². The normalized spacial score (nSPS) is 15.5. The predicted octanol–water partition coefficient (Wildman–Crippen LogP) is 14.6. The second-order valence-electron chi connectivity index (χ2n) is 33.1. The van der Waals surface area contributed by atoms with E-state index in [1.165, 1.54) is 150 Å². The fourth-order valence-electron chi connectivity index (χ4n) is 15.4. The van der Waals surface area contributed by atoms with Crippen LogP contribution < -0.4 is 49.1 Å². The van der Waals surface area contributed by atoms with E-state index in [2.05, 4.69) is 67.6 Å². The van der Waals surface area contributed by atoms with E-state index < -0.39 is 29.7 Å². The third-order valence-electron chi connectivity index (χ3n) is 22.8. The molecule has 4 unspecified atom stereocenters. The summed E-state index contributed by atoms with van der Waals surface area (Å²) in [6, 6.07) is 5.73. The van der Waals surface area contributed by atoms with Crippen molar-refractivity contribution < 1.29 is 57.4 Å². The molecule has 11 N–H and O–H groups in total. The van der Waals surface area contributed by atoms with Crippen LogP contribution >= 0.6 is 23.5 Å². The number of likely N-dealkylation sites (N-methyl/N-ethyl adjacent to an activating group) is 1. The van der Waals surface area contributed by atoms with Gasteiger partial charge in [0.1, 0.15) is 24.0 Å². The summed E-state index contributed by atoms with van der Waals surface area (Å²) >= 11 is 2.40. The molecule has 0 bridgehead atoms. The minimum absolute atomic E-state index is 0.0352. The van der Waals surface area contributed by atoms with E-state index >= 15 is 0 Å². The number of rotatable bonds is 71. The maximum atomic E-state index is 14.5. The smallest absolute Gasteiger partial charge is 0.328 e. The molecule has 29 heteroatoms. The number of carbonyl (C=O) groups excluding carboxylic acids is 10. The lowest BCUT2D eigenvalue weighted by atomic mass is 9.81. The number of esters is 2. The number of aromatic amines is 1. The second kappa shape index (κ2) is 63.1. The van der Waals surface area contributed by atoms with E-state index in [0.717, 1.165) is 81.5 Å². The van der Waals surface area contributed by atoms with Crippen LogP contribution in [0.1, 0.15) is 326 Å². The zero-order chi connectivity index (χ0) is 86.0. The number of nitrogens with two attached hydrogens (primary N) is 2. The van der Waals surface area contributed by atoms with Crippen molar-refractivity contribution in [2.75, 3.05) is 101 Å². The first-order chi connectivity index (χ1) is 57.7. The number of amides is 6. The van der Waals surface area contributed by atoms with Crippen LogP contribution in [-0.4, -0.2) is 196 Å². The van der Waals surface area contributed by atoms with Crippen LogP contribution in [0.5, 0.6) is 0 Å². The molecule has 2 aromatic heterocycles. The molecule has 1 aliphatic heterocycles.